The number of alkyl halides is 6. The first-order valence-corrected chi connectivity index (χ1v) is 13.7. The van der Waals surface area contributed by atoms with E-state index >= 15 is 0 Å². The second-order valence-electron chi connectivity index (χ2n) is 10.1. The first-order valence-electron chi connectivity index (χ1n) is 12.6. The average molecular weight is 561 g/mol. The Morgan fingerprint density at radius 1 is 0.868 bits per heavy atom. The normalized spacial score (nSPS) is 20.6. The van der Waals surface area contributed by atoms with Crippen LogP contribution in [0.3, 0.4) is 0 Å². The van der Waals surface area contributed by atoms with E-state index < -0.39 is 44.0 Å². The van der Waals surface area contributed by atoms with Gasteiger partial charge in [0.15, 0.2) is 8.45 Å². The number of hydrogen-bond acceptors (Lipinski definition) is 3. The van der Waals surface area contributed by atoms with Gasteiger partial charge >= 0.3 is 12.4 Å². The van der Waals surface area contributed by atoms with Crippen LogP contribution in [0.15, 0.2) is 60.2 Å². The van der Waals surface area contributed by atoms with E-state index in [1.54, 1.807) is 26.2 Å². The van der Waals surface area contributed by atoms with E-state index in [0.717, 1.165) is 43.5 Å². The quantitative estimate of drug-likeness (QED) is 0.173. The lowest BCUT2D eigenvalue weighted by Gasteiger charge is -2.27. The Morgan fingerprint density at radius 3 is 1.76 bits per heavy atom. The first kappa shape index (κ1) is 30.6. The lowest BCUT2D eigenvalue weighted by molar-refractivity contribution is -0.138. The summed E-state index contributed by atoms with van der Waals surface area (Å²) in [4.78, 5) is 0. The minimum Gasteiger partial charge on any atom is -0.331 e. The van der Waals surface area contributed by atoms with Gasteiger partial charge in [-0.25, -0.2) is 9.34 Å². The van der Waals surface area contributed by atoms with E-state index in [0.29, 0.717) is 23.7 Å². The maximum atomic E-state index is 13.5. The van der Waals surface area contributed by atoms with Crippen LogP contribution in [-0.2, 0) is 16.9 Å². The monoisotopic (exact) mass is 560 g/mol. The van der Waals surface area contributed by atoms with E-state index in [9.17, 15) is 26.3 Å². The van der Waals surface area contributed by atoms with E-state index in [1.807, 2.05) is 9.34 Å². The van der Waals surface area contributed by atoms with Crippen LogP contribution in [0.1, 0.15) is 74.4 Å². The smallest absolute Gasteiger partial charge is 0.331 e. The molecule has 3 nitrogen and oxygen atoms in total. The highest BCUT2D eigenvalue weighted by Gasteiger charge is 2.47. The molecular weight excluding hydrogens is 525 g/mol. The Morgan fingerprint density at radius 2 is 1.34 bits per heavy atom. The number of likely N-dealkylation sites (N-methyl/N-ethyl adjacent to an activating group) is 2. The number of benzene rings is 2. The number of hydrogen-bond donors (Lipinski definition) is 0. The van der Waals surface area contributed by atoms with E-state index in [-0.39, 0.29) is 0 Å². The molecule has 0 unspecified atom stereocenters. The van der Waals surface area contributed by atoms with Gasteiger partial charge in [-0.1, -0.05) is 42.8 Å². The molecule has 0 aliphatic carbocycles. The summed E-state index contributed by atoms with van der Waals surface area (Å²) in [6.45, 7) is 6.71. The number of halogens is 6. The Hall–Kier alpha value is -1.93. The second kappa shape index (κ2) is 12.5. The molecule has 38 heavy (non-hydrogen) atoms. The molecule has 3 atom stereocenters. The maximum Gasteiger partial charge on any atom is 0.416 e. The van der Waals surface area contributed by atoms with Gasteiger partial charge in [0, 0.05) is 0 Å². The van der Waals surface area contributed by atoms with Crippen LogP contribution < -0.4 is 0 Å². The molecule has 10 heteroatoms. The van der Waals surface area contributed by atoms with Crippen LogP contribution in [0.25, 0.3) is 0 Å². The molecule has 3 rings (SSSR count). The zero-order valence-electron chi connectivity index (χ0n) is 22.3. The van der Waals surface area contributed by atoms with Crippen molar-refractivity contribution < 1.29 is 30.9 Å². The maximum absolute atomic E-state index is 13.5. The van der Waals surface area contributed by atoms with Gasteiger partial charge in [-0.15, -0.1) is 0 Å². The molecule has 1 aliphatic rings. The number of allylic oxidation sites excluding steroid dienone is 2. The molecule has 0 amide bonds. The largest absolute Gasteiger partial charge is 0.416 e. The third-order valence-corrected chi connectivity index (χ3v) is 8.77. The van der Waals surface area contributed by atoms with Gasteiger partial charge in [-0.05, 0) is 88.5 Å². The molecule has 0 spiro atoms. The van der Waals surface area contributed by atoms with E-state index in [1.165, 1.54) is 17.7 Å². The topological polar surface area (TPSA) is 15.7 Å². The standard InChI is InChI=1S/C28H35F6N2OP/c1-19(2)9-6-10-20(3)15-16-37-38-35(4)25(21-11-7-13-23(17-21)27(29,30)31)26(36(38)5)22-12-8-14-24(18-22)28(32,33)34/h7-9,11-14,17-18,20,25-26H,6,10,15-16H2,1-5H3/t20-,25-,26-/m0/s1. The highest BCUT2D eigenvalue weighted by molar-refractivity contribution is 7.47. The molecule has 210 valence electrons. The molecule has 0 aromatic heterocycles. The molecular formula is C28H35F6N2OP. The molecule has 1 aliphatic heterocycles. The van der Waals surface area contributed by atoms with Gasteiger partial charge < -0.3 is 4.52 Å². The van der Waals surface area contributed by atoms with Gasteiger partial charge in [0.05, 0.1) is 29.8 Å². The van der Waals surface area contributed by atoms with Crippen molar-refractivity contribution in [2.45, 2.75) is 64.5 Å². The minimum atomic E-state index is -4.53. The summed E-state index contributed by atoms with van der Waals surface area (Å²) < 4.78 is 91.1. The van der Waals surface area contributed by atoms with Crippen LogP contribution >= 0.6 is 8.45 Å². The van der Waals surface area contributed by atoms with Crippen LogP contribution in [0.5, 0.6) is 0 Å². The van der Waals surface area contributed by atoms with Crippen molar-refractivity contribution in [3.8, 4) is 0 Å². The van der Waals surface area contributed by atoms with Crippen molar-refractivity contribution in [2.75, 3.05) is 20.7 Å². The van der Waals surface area contributed by atoms with Crippen LogP contribution in [-0.4, -0.2) is 30.0 Å². The predicted octanol–water partition coefficient (Wildman–Crippen LogP) is 9.40. The van der Waals surface area contributed by atoms with Gasteiger partial charge in [0.2, 0.25) is 0 Å². The predicted molar refractivity (Wildman–Crippen MR) is 139 cm³/mol. The highest BCUT2D eigenvalue weighted by atomic mass is 31.2. The molecule has 2 aromatic rings. The Bertz CT molecular complexity index is 1030. The van der Waals surface area contributed by atoms with Crippen molar-refractivity contribution in [3.05, 3.63) is 82.4 Å². The molecule has 0 bridgehead atoms. The molecule has 0 N–H and O–H groups in total. The summed E-state index contributed by atoms with van der Waals surface area (Å²) in [7, 11) is 2.10. The van der Waals surface area contributed by atoms with Crippen molar-refractivity contribution in [3.63, 3.8) is 0 Å². The molecule has 1 heterocycles. The Kier molecular flexibility index (Phi) is 10.1. The van der Waals surface area contributed by atoms with Gasteiger partial charge in [-0.3, -0.25) is 0 Å². The summed E-state index contributed by atoms with van der Waals surface area (Å²) in [6.07, 6.45) is -4.08. The summed E-state index contributed by atoms with van der Waals surface area (Å²) in [5.74, 6) is 0.414. The van der Waals surface area contributed by atoms with Gasteiger partial charge in [0.1, 0.15) is 0 Å². The summed E-state index contributed by atoms with van der Waals surface area (Å²) in [6, 6.07) is 8.76. The van der Waals surface area contributed by atoms with E-state index in [2.05, 4.69) is 26.8 Å². The lowest BCUT2D eigenvalue weighted by Crippen LogP contribution is -2.22. The van der Waals surface area contributed by atoms with Crippen LogP contribution in [0.2, 0.25) is 0 Å². The third-order valence-electron chi connectivity index (χ3n) is 6.78. The fourth-order valence-corrected chi connectivity index (χ4v) is 6.78. The zero-order chi connectivity index (χ0) is 28.3. The van der Waals surface area contributed by atoms with Gasteiger partial charge in [-0.2, -0.15) is 26.3 Å². The van der Waals surface area contributed by atoms with Crippen molar-refractivity contribution in [2.24, 2.45) is 5.92 Å². The van der Waals surface area contributed by atoms with Crippen LogP contribution in [0.4, 0.5) is 26.3 Å². The van der Waals surface area contributed by atoms with Crippen LogP contribution in [0, 0.1) is 5.92 Å². The average Bonchev–Trinajstić information content (AvgIpc) is 3.07. The Balaban J connectivity index is 1.90. The van der Waals surface area contributed by atoms with Crippen molar-refractivity contribution >= 4 is 8.45 Å². The summed E-state index contributed by atoms with van der Waals surface area (Å²) in [5, 5.41) is 0. The molecule has 2 aromatic carbocycles. The number of nitrogens with zero attached hydrogens (tertiary/aromatic N) is 2. The third kappa shape index (κ3) is 7.59. The summed E-state index contributed by atoms with van der Waals surface area (Å²) in [5.41, 5.74) is 0.431. The lowest BCUT2D eigenvalue weighted by atomic mass is 9.91. The zero-order valence-corrected chi connectivity index (χ0v) is 23.2. The highest BCUT2D eigenvalue weighted by Crippen LogP contribution is 2.63. The fourth-order valence-electron chi connectivity index (χ4n) is 4.76. The van der Waals surface area contributed by atoms with Gasteiger partial charge in [0.25, 0.3) is 0 Å². The van der Waals surface area contributed by atoms with E-state index in [4.69, 9.17) is 4.52 Å². The first-order chi connectivity index (χ1) is 17.7. The minimum absolute atomic E-state index is 0.375. The molecule has 1 saturated heterocycles. The SMILES string of the molecule is CC(C)=CCC[C@H](C)CCOP1N(C)[C@@H](c2cccc(C(F)(F)F)c2)[C@H](c2cccc(C(F)(F)F)c2)N1C. The molecule has 0 radical (unpaired) electrons. The van der Waals surface area contributed by atoms with Crippen molar-refractivity contribution in [1.82, 2.24) is 9.34 Å². The van der Waals surface area contributed by atoms with Crippen molar-refractivity contribution in [1.29, 1.82) is 0 Å². The molecule has 0 saturated carbocycles. The Labute approximate surface area is 222 Å². The number of rotatable bonds is 9. The fraction of sp³-hybridized carbons (Fsp3) is 0.500. The summed E-state index contributed by atoms with van der Waals surface area (Å²) >= 11 is 0. The second-order valence-corrected chi connectivity index (χ2v) is 12.1. The molecule has 1 fully saturated rings.